The molecule has 0 aromatic rings. The third-order valence-corrected chi connectivity index (χ3v) is 6.90. The fourth-order valence-corrected chi connectivity index (χ4v) is 5.38. The third-order valence-electron chi connectivity index (χ3n) is 6.90. The molecule has 0 amide bonds. The van der Waals surface area contributed by atoms with Crippen molar-refractivity contribution in [3.63, 3.8) is 0 Å². The Labute approximate surface area is 187 Å². The Hall–Kier alpha value is -1.69. The molecule has 1 spiro atoms. The van der Waals surface area contributed by atoms with E-state index in [-0.39, 0.29) is 23.4 Å². The van der Waals surface area contributed by atoms with Crippen molar-refractivity contribution in [3.05, 3.63) is 47.3 Å². The molecule has 31 heavy (non-hydrogen) atoms. The maximum absolute atomic E-state index is 12.1. The first-order valence-corrected chi connectivity index (χ1v) is 11.3. The SMILES string of the molecule is CO[C@H]1C[C@@]2(C)OCC3=CC[C@](C)(CCC=C(C)C)[C@@H](/C=C/OC(=O)C=C(C)C)[C@]31O2. The van der Waals surface area contributed by atoms with Gasteiger partial charge in [-0.25, -0.2) is 4.79 Å². The highest BCUT2D eigenvalue weighted by molar-refractivity contribution is 5.83. The van der Waals surface area contributed by atoms with Crippen molar-refractivity contribution in [3.8, 4) is 0 Å². The fourth-order valence-electron chi connectivity index (χ4n) is 5.38. The molecule has 5 heteroatoms. The first-order chi connectivity index (χ1) is 14.5. The smallest absolute Gasteiger partial charge is 0.335 e. The molecule has 2 heterocycles. The van der Waals surface area contributed by atoms with Crippen molar-refractivity contribution >= 4 is 5.97 Å². The van der Waals surface area contributed by atoms with Crippen molar-refractivity contribution in [1.29, 1.82) is 0 Å². The molecule has 0 unspecified atom stereocenters. The summed E-state index contributed by atoms with van der Waals surface area (Å²) in [6, 6.07) is 0. The Morgan fingerprint density at radius 2 is 1.97 bits per heavy atom. The van der Waals surface area contributed by atoms with Gasteiger partial charge in [0.1, 0.15) is 5.60 Å². The molecule has 0 aromatic heterocycles. The summed E-state index contributed by atoms with van der Waals surface area (Å²) < 4.78 is 24.2. The number of allylic oxidation sites excluding steroid dienone is 4. The molecule has 2 fully saturated rings. The quantitative estimate of drug-likeness (QED) is 0.227. The first kappa shape index (κ1) is 24.0. The van der Waals surface area contributed by atoms with Crippen molar-refractivity contribution < 1.29 is 23.7 Å². The van der Waals surface area contributed by atoms with Crippen LogP contribution in [-0.4, -0.2) is 37.2 Å². The van der Waals surface area contributed by atoms with Gasteiger partial charge in [0.2, 0.25) is 0 Å². The minimum absolute atomic E-state index is 0.0132. The Morgan fingerprint density at radius 1 is 1.23 bits per heavy atom. The zero-order chi connectivity index (χ0) is 22.9. The summed E-state index contributed by atoms with van der Waals surface area (Å²) in [4.78, 5) is 12.1. The minimum atomic E-state index is -0.666. The molecule has 3 aliphatic rings. The van der Waals surface area contributed by atoms with Gasteiger partial charge in [0.15, 0.2) is 5.79 Å². The minimum Gasteiger partial charge on any atom is -0.432 e. The van der Waals surface area contributed by atoms with E-state index in [1.807, 2.05) is 26.8 Å². The largest absolute Gasteiger partial charge is 0.432 e. The lowest BCUT2D eigenvalue weighted by molar-refractivity contribution is -0.278. The van der Waals surface area contributed by atoms with Crippen LogP contribution in [0.15, 0.2) is 47.3 Å². The number of methoxy groups -OCH3 is 1. The van der Waals surface area contributed by atoms with Gasteiger partial charge in [-0.15, -0.1) is 0 Å². The van der Waals surface area contributed by atoms with E-state index in [2.05, 4.69) is 32.9 Å². The summed E-state index contributed by atoms with van der Waals surface area (Å²) in [6.07, 6.45) is 13.1. The van der Waals surface area contributed by atoms with Crippen molar-refractivity contribution in [2.24, 2.45) is 11.3 Å². The van der Waals surface area contributed by atoms with E-state index in [9.17, 15) is 4.79 Å². The molecule has 0 saturated carbocycles. The monoisotopic (exact) mass is 430 g/mol. The van der Waals surface area contributed by atoms with E-state index in [0.29, 0.717) is 13.0 Å². The zero-order valence-electron chi connectivity index (χ0n) is 20.1. The van der Waals surface area contributed by atoms with Gasteiger partial charge in [-0.2, -0.15) is 0 Å². The molecule has 1 aliphatic carbocycles. The van der Waals surface area contributed by atoms with Gasteiger partial charge in [-0.3, -0.25) is 0 Å². The number of rotatable bonds is 7. The molecular formula is C26H38O5. The molecule has 2 bridgehead atoms. The lowest BCUT2D eigenvalue weighted by Crippen LogP contribution is -2.59. The van der Waals surface area contributed by atoms with Gasteiger partial charge in [-0.05, 0) is 70.9 Å². The van der Waals surface area contributed by atoms with Crippen LogP contribution in [0.25, 0.3) is 0 Å². The van der Waals surface area contributed by atoms with E-state index < -0.39 is 11.4 Å². The number of fused-ring (bicyclic) bond motifs is 1. The fraction of sp³-hybridized carbons (Fsp3) is 0.654. The van der Waals surface area contributed by atoms with Crippen LogP contribution >= 0.6 is 0 Å². The van der Waals surface area contributed by atoms with Gasteiger partial charge in [0.25, 0.3) is 0 Å². The highest BCUT2D eigenvalue weighted by Gasteiger charge is 2.66. The molecular weight excluding hydrogens is 392 g/mol. The lowest BCUT2D eigenvalue weighted by Gasteiger charge is -2.54. The number of carbonyl (C=O) groups is 1. The van der Waals surface area contributed by atoms with Gasteiger partial charge < -0.3 is 18.9 Å². The number of hydrogen-bond donors (Lipinski definition) is 0. The van der Waals surface area contributed by atoms with Crippen LogP contribution in [0.1, 0.15) is 67.2 Å². The standard InChI is InChI=1S/C26H38O5/c1-18(2)9-8-12-24(5)13-10-20-17-30-25(6)16-22(28-7)26(20,31-25)21(24)11-14-29-23(27)15-19(3)4/h9-11,14-15,21-22H,8,12-13,16-17H2,1-7H3/b14-11+/t21-,22+,24+,25+,26-/m1/s1. The average molecular weight is 431 g/mol. The summed E-state index contributed by atoms with van der Waals surface area (Å²) in [5.41, 5.74) is 2.68. The van der Waals surface area contributed by atoms with Crippen LogP contribution in [0.3, 0.4) is 0 Å². The van der Waals surface area contributed by atoms with Crippen LogP contribution in [-0.2, 0) is 23.7 Å². The highest BCUT2D eigenvalue weighted by Crippen LogP contribution is 2.60. The molecule has 0 N–H and O–H groups in total. The van der Waals surface area contributed by atoms with Gasteiger partial charge in [0, 0.05) is 25.5 Å². The predicted octanol–water partition coefficient (Wildman–Crippen LogP) is 5.63. The van der Waals surface area contributed by atoms with E-state index >= 15 is 0 Å². The Kier molecular flexibility index (Phi) is 6.99. The average Bonchev–Trinajstić information content (AvgIpc) is 2.90. The normalized spacial score (nSPS) is 36.5. The van der Waals surface area contributed by atoms with Gasteiger partial charge >= 0.3 is 5.97 Å². The summed E-state index contributed by atoms with van der Waals surface area (Å²) in [6.45, 7) is 12.9. The number of hydrogen-bond acceptors (Lipinski definition) is 5. The van der Waals surface area contributed by atoms with Crippen molar-refractivity contribution in [2.75, 3.05) is 13.7 Å². The number of carbonyl (C=O) groups excluding carboxylic acids is 1. The van der Waals surface area contributed by atoms with Crippen LogP contribution < -0.4 is 0 Å². The zero-order valence-corrected chi connectivity index (χ0v) is 20.1. The second-order valence-corrected chi connectivity index (χ2v) is 10.1. The number of esters is 1. The van der Waals surface area contributed by atoms with E-state index in [1.165, 1.54) is 11.6 Å². The molecule has 2 aliphatic heterocycles. The highest BCUT2D eigenvalue weighted by atomic mass is 16.7. The van der Waals surface area contributed by atoms with Gasteiger partial charge in [0.05, 0.1) is 19.0 Å². The molecule has 172 valence electrons. The Balaban J connectivity index is 1.99. The maximum Gasteiger partial charge on any atom is 0.335 e. The maximum atomic E-state index is 12.1. The Morgan fingerprint density at radius 3 is 2.61 bits per heavy atom. The third kappa shape index (κ3) is 4.74. The number of ether oxygens (including phenoxy) is 4. The summed E-state index contributed by atoms with van der Waals surface area (Å²) in [5.74, 6) is -1.04. The molecule has 3 rings (SSSR count). The second-order valence-electron chi connectivity index (χ2n) is 10.1. The van der Waals surface area contributed by atoms with Crippen molar-refractivity contribution in [1.82, 2.24) is 0 Å². The second kappa shape index (κ2) is 9.05. The first-order valence-electron chi connectivity index (χ1n) is 11.3. The van der Waals surface area contributed by atoms with Gasteiger partial charge in [-0.1, -0.05) is 30.2 Å². The lowest BCUT2D eigenvalue weighted by atomic mass is 9.57. The van der Waals surface area contributed by atoms with E-state index in [4.69, 9.17) is 18.9 Å². The van der Waals surface area contributed by atoms with E-state index in [1.54, 1.807) is 13.4 Å². The molecule has 0 aromatic carbocycles. The molecule has 0 radical (unpaired) electrons. The van der Waals surface area contributed by atoms with Crippen molar-refractivity contribution in [2.45, 2.75) is 84.7 Å². The van der Waals surface area contributed by atoms with Crippen LogP contribution in [0.5, 0.6) is 0 Å². The predicted molar refractivity (Wildman–Crippen MR) is 121 cm³/mol. The summed E-state index contributed by atoms with van der Waals surface area (Å²) in [7, 11) is 1.75. The summed E-state index contributed by atoms with van der Waals surface area (Å²) >= 11 is 0. The topological polar surface area (TPSA) is 54.0 Å². The van der Waals surface area contributed by atoms with E-state index in [0.717, 1.165) is 30.4 Å². The van der Waals surface area contributed by atoms with Crippen LogP contribution in [0, 0.1) is 11.3 Å². The van der Waals surface area contributed by atoms with Crippen LogP contribution in [0.2, 0.25) is 0 Å². The Bertz CT molecular complexity index is 814. The van der Waals surface area contributed by atoms with Crippen LogP contribution in [0.4, 0.5) is 0 Å². The molecule has 5 nitrogen and oxygen atoms in total. The molecule has 5 atom stereocenters. The molecule has 2 saturated heterocycles. The summed E-state index contributed by atoms with van der Waals surface area (Å²) in [5, 5.41) is 0.